The van der Waals surface area contributed by atoms with Gasteiger partial charge in [0, 0.05) is 43.2 Å². The van der Waals surface area contributed by atoms with E-state index in [1.807, 2.05) is 18.3 Å². The highest BCUT2D eigenvalue weighted by Gasteiger charge is 2.20. The largest absolute Gasteiger partial charge is 0.504 e. The van der Waals surface area contributed by atoms with Crippen LogP contribution < -0.4 is 4.74 Å². The molecule has 0 atom stereocenters. The minimum absolute atomic E-state index is 0.193. The molecule has 0 bridgehead atoms. The topological polar surface area (TPSA) is 45.6 Å². The maximum Gasteiger partial charge on any atom is 0.165 e. The van der Waals surface area contributed by atoms with Gasteiger partial charge in [-0.3, -0.25) is 9.88 Å². The third-order valence-electron chi connectivity index (χ3n) is 4.68. The second kappa shape index (κ2) is 7.18. The van der Waals surface area contributed by atoms with Crippen LogP contribution in [0.3, 0.4) is 0 Å². The first-order valence-corrected chi connectivity index (χ1v) is 8.86. The number of aromatic hydroxyl groups is 1. The summed E-state index contributed by atoms with van der Waals surface area (Å²) in [5, 5.41) is 10.5. The number of aryl methyl sites for hydroxylation is 1. The molecule has 0 saturated carbocycles. The number of rotatable bonds is 3. The van der Waals surface area contributed by atoms with Gasteiger partial charge in [-0.1, -0.05) is 35.9 Å². The van der Waals surface area contributed by atoms with Crippen molar-refractivity contribution < 1.29 is 9.84 Å². The summed E-state index contributed by atoms with van der Waals surface area (Å²) in [7, 11) is 0. The predicted octanol–water partition coefficient (Wildman–Crippen LogP) is 4.16. The van der Waals surface area contributed by atoms with Gasteiger partial charge in [0.25, 0.3) is 0 Å². The molecule has 0 aliphatic carbocycles. The smallest absolute Gasteiger partial charge is 0.165 e. The number of pyridine rings is 1. The Morgan fingerprint density at radius 3 is 2.85 bits per heavy atom. The second-order valence-electron chi connectivity index (χ2n) is 6.77. The lowest BCUT2D eigenvalue weighted by Crippen LogP contribution is -2.25. The van der Waals surface area contributed by atoms with Gasteiger partial charge in [-0.05, 0) is 36.2 Å². The molecule has 4 nitrogen and oxygen atoms in total. The predicted molar refractivity (Wildman–Crippen MR) is 102 cm³/mol. The molecular weight excluding hydrogens is 324 g/mol. The van der Waals surface area contributed by atoms with Gasteiger partial charge in [0.1, 0.15) is 6.61 Å². The van der Waals surface area contributed by atoms with Crippen molar-refractivity contribution in [3.05, 3.63) is 77.6 Å². The third-order valence-corrected chi connectivity index (χ3v) is 4.68. The average molecular weight is 346 g/mol. The lowest BCUT2D eigenvalue weighted by atomic mass is 10.0. The van der Waals surface area contributed by atoms with Crippen molar-refractivity contribution in [3.63, 3.8) is 0 Å². The molecule has 0 unspecified atom stereocenters. The van der Waals surface area contributed by atoms with Crippen molar-refractivity contribution in [1.82, 2.24) is 9.88 Å². The van der Waals surface area contributed by atoms with E-state index in [4.69, 9.17) is 4.74 Å². The number of hydrogen-bond acceptors (Lipinski definition) is 4. The molecule has 132 valence electrons. The number of aromatic nitrogens is 1. The number of ether oxygens (including phenoxy) is 1. The number of hydrogen-bond donors (Lipinski definition) is 1. The minimum atomic E-state index is 0.193. The first kappa shape index (κ1) is 16.6. The summed E-state index contributed by atoms with van der Waals surface area (Å²) in [6.07, 6.45) is 3.56. The Bertz CT molecular complexity index is 909. The lowest BCUT2D eigenvalue weighted by molar-refractivity contribution is 0.217. The number of phenols is 1. The molecule has 0 radical (unpaired) electrons. The molecule has 1 N–H and O–H groups in total. The summed E-state index contributed by atoms with van der Waals surface area (Å²) in [5.41, 5.74) is 5.51. The van der Waals surface area contributed by atoms with Crippen molar-refractivity contribution in [2.45, 2.75) is 20.0 Å². The number of fused-ring (bicyclic) bond motifs is 1. The maximum atomic E-state index is 10.5. The normalized spacial score (nSPS) is 14.3. The van der Waals surface area contributed by atoms with Gasteiger partial charge in [-0.2, -0.15) is 0 Å². The molecule has 2 aromatic carbocycles. The summed E-state index contributed by atoms with van der Waals surface area (Å²) >= 11 is 0. The fourth-order valence-corrected chi connectivity index (χ4v) is 3.46. The van der Waals surface area contributed by atoms with Crippen molar-refractivity contribution in [2.24, 2.45) is 0 Å². The zero-order valence-electron chi connectivity index (χ0n) is 14.9. The van der Waals surface area contributed by atoms with E-state index in [0.717, 1.165) is 36.3 Å². The van der Waals surface area contributed by atoms with Crippen LogP contribution in [0.2, 0.25) is 0 Å². The molecule has 3 aromatic rings. The van der Waals surface area contributed by atoms with Gasteiger partial charge in [-0.15, -0.1) is 0 Å². The highest BCUT2D eigenvalue weighted by molar-refractivity contribution is 5.68. The number of phenolic OH excluding ortho intramolecular Hbond substituents is 1. The molecule has 1 aromatic heterocycles. The second-order valence-corrected chi connectivity index (χ2v) is 6.77. The molecule has 0 amide bonds. The van der Waals surface area contributed by atoms with E-state index in [1.54, 1.807) is 12.3 Å². The van der Waals surface area contributed by atoms with Crippen LogP contribution in [0.5, 0.6) is 11.5 Å². The van der Waals surface area contributed by atoms with E-state index >= 15 is 0 Å². The zero-order chi connectivity index (χ0) is 17.9. The first-order valence-electron chi connectivity index (χ1n) is 8.86. The van der Waals surface area contributed by atoms with E-state index in [1.165, 1.54) is 11.1 Å². The molecule has 2 heterocycles. The molecular formula is C22H22N2O2. The summed E-state index contributed by atoms with van der Waals surface area (Å²) in [4.78, 5) is 6.53. The first-order chi connectivity index (χ1) is 12.7. The highest BCUT2D eigenvalue weighted by atomic mass is 16.5. The van der Waals surface area contributed by atoms with Gasteiger partial charge in [0.2, 0.25) is 0 Å². The van der Waals surface area contributed by atoms with E-state index in [2.05, 4.69) is 47.1 Å². The van der Waals surface area contributed by atoms with Gasteiger partial charge >= 0.3 is 0 Å². The highest BCUT2D eigenvalue weighted by Crippen LogP contribution is 2.37. The van der Waals surface area contributed by atoms with Gasteiger partial charge in [0.15, 0.2) is 11.5 Å². The monoisotopic (exact) mass is 346 g/mol. The van der Waals surface area contributed by atoms with Crippen LogP contribution in [-0.2, 0) is 13.1 Å². The Morgan fingerprint density at radius 1 is 1.12 bits per heavy atom. The van der Waals surface area contributed by atoms with E-state index in [0.29, 0.717) is 12.4 Å². The molecule has 4 rings (SSSR count). The standard InChI is InChI=1S/C22H22N2O2/c1-16-4-2-5-17(10-16)14-24-8-9-26-22-20(15-24)11-19(12-21(22)25)18-6-3-7-23-13-18/h2-7,10-13,25H,8-9,14-15H2,1H3. The van der Waals surface area contributed by atoms with Crippen LogP contribution in [0.1, 0.15) is 16.7 Å². The minimum Gasteiger partial charge on any atom is -0.504 e. The molecule has 1 aliphatic rings. The quantitative estimate of drug-likeness (QED) is 0.774. The van der Waals surface area contributed by atoms with Gasteiger partial charge in [0.05, 0.1) is 0 Å². The van der Waals surface area contributed by atoms with Crippen LogP contribution in [0.25, 0.3) is 11.1 Å². The Balaban J connectivity index is 1.63. The summed E-state index contributed by atoms with van der Waals surface area (Å²) in [6.45, 7) is 5.11. The Kier molecular flexibility index (Phi) is 4.59. The molecule has 0 fully saturated rings. The molecule has 1 aliphatic heterocycles. The Morgan fingerprint density at radius 2 is 2.04 bits per heavy atom. The van der Waals surface area contributed by atoms with Gasteiger partial charge < -0.3 is 9.84 Å². The van der Waals surface area contributed by atoms with Crippen LogP contribution >= 0.6 is 0 Å². The molecule has 0 spiro atoms. The summed E-state index contributed by atoms with van der Waals surface area (Å²) in [5.74, 6) is 0.795. The van der Waals surface area contributed by atoms with Crippen LogP contribution in [0.15, 0.2) is 60.9 Å². The zero-order valence-corrected chi connectivity index (χ0v) is 14.9. The van der Waals surface area contributed by atoms with Gasteiger partial charge in [-0.25, -0.2) is 0 Å². The fourth-order valence-electron chi connectivity index (χ4n) is 3.46. The molecule has 26 heavy (non-hydrogen) atoms. The molecule has 0 saturated heterocycles. The summed E-state index contributed by atoms with van der Waals surface area (Å²) in [6, 6.07) is 16.3. The maximum absolute atomic E-state index is 10.5. The van der Waals surface area contributed by atoms with Crippen LogP contribution in [0, 0.1) is 6.92 Å². The number of benzene rings is 2. The lowest BCUT2D eigenvalue weighted by Gasteiger charge is -2.20. The van der Waals surface area contributed by atoms with Crippen molar-refractivity contribution in [1.29, 1.82) is 0 Å². The van der Waals surface area contributed by atoms with E-state index in [-0.39, 0.29) is 5.75 Å². The Labute approximate surface area is 153 Å². The molecule has 4 heteroatoms. The average Bonchev–Trinajstić information content (AvgIpc) is 2.84. The van der Waals surface area contributed by atoms with Crippen molar-refractivity contribution in [3.8, 4) is 22.6 Å². The Hall–Kier alpha value is -2.85. The van der Waals surface area contributed by atoms with Crippen molar-refractivity contribution >= 4 is 0 Å². The van der Waals surface area contributed by atoms with Crippen LogP contribution in [0.4, 0.5) is 0 Å². The summed E-state index contributed by atoms with van der Waals surface area (Å²) < 4.78 is 5.85. The van der Waals surface area contributed by atoms with E-state index in [9.17, 15) is 5.11 Å². The van der Waals surface area contributed by atoms with Crippen molar-refractivity contribution in [2.75, 3.05) is 13.2 Å². The van der Waals surface area contributed by atoms with Crippen LogP contribution in [-0.4, -0.2) is 28.1 Å². The fraction of sp³-hybridized carbons (Fsp3) is 0.227. The number of nitrogens with zero attached hydrogens (tertiary/aromatic N) is 2. The van der Waals surface area contributed by atoms with E-state index < -0.39 is 0 Å². The third kappa shape index (κ3) is 3.55. The SMILES string of the molecule is Cc1cccc(CN2CCOc3c(O)cc(-c4cccnc4)cc3C2)c1.